The SMILES string of the molecule is CC1CCCCN1C(=O)C1CC2CCCCC2N1. The normalized spacial score (nSPS) is 40.6. The summed E-state index contributed by atoms with van der Waals surface area (Å²) in [5, 5.41) is 3.62. The molecule has 2 aliphatic heterocycles. The van der Waals surface area contributed by atoms with Crippen LogP contribution >= 0.6 is 0 Å². The Hall–Kier alpha value is -0.570. The zero-order chi connectivity index (χ0) is 12.5. The molecule has 0 bridgehead atoms. The van der Waals surface area contributed by atoms with Crippen molar-refractivity contribution in [2.45, 2.75) is 76.4 Å². The number of hydrogen-bond donors (Lipinski definition) is 1. The number of piperidine rings is 1. The molecule has 2 heterocycles. The zero-order valence-corrected chi connectivity index (χ0v) is 11.5. The van der Waals surface area contributed by atoms with Crippen LogP contribution in [-0.2, 0) is 4.79 Å². The van der Waals surface area contributed by atoms with Crippen LogP contribution in [0.1, 0.15) is 58.3 Å². The molecule has 0 aromatic carbocycles. The molecule has 102 valence electrons. The van der Waals surface area contributed by atoms with Gasteiger partial charge in [-0.15, -0.1) is 0 Å². The molecule has 3 rings (SSSR count). The van der Waals surface area contributed by atoms with Crippen LogP contribution in [0.3, 0.4) is 0 Å². The Balaban J connectivity index is 1.62. The number of likely N-dealkylation sites (tertiary alicyclic amines) is 1. The van der Waals surface area contributed by atoms with Crippen molar-refractivity contribution in [3.8, 4) is 0 Å². The van der Waals surface area contributed by atoms with Gasteiger partial charge < -0.3 is 10.2 Å². The Labute approximate surface area is 110 Å². The van der Waals surface area contributed by atoms with Crippen molar-refractivity contribution in [3.05, 3.63) is 0 Å². The molecule has 4 atom stereocenters. The average molecular weight is 250 g/mol. The number of hydrogen-bond acceptors (Lipinski definition) is 2. The third kappa shape index (κ3) is 2.29. The summed E-state index contributed by atoms with van der Waals surface area (Å²) in [6.07, 6.45) is 10.1. The van der Waals surface area contributed by atoms with Crippen molar-refractivity contribution < 1.29 is 4.79 Å². The van der Waals surface area contributed by atoms with Crippen LogP contribution in [0.5, 0.6) is 0 Å². The van der Waals surface area contributed by atoms with Crippen LogP contribution < -0.4 is 5.32 Å². The number of carbonyl (C=O) groups excluding carboxylic acids is 1. The first-order chi connectivity index (χ1) is 8.75. The summed E-state index contributed by atoms with van der Waals surface area (Å²) in [5.74, 6) is 1.16. The van der Waals surface area contributed by atoms with E-state index in [2.05, 4.69) is 17.1 Å². The van der Waals surface area contributed by atoms with Crippen molar-refractivity contribution in [1.82, 2.24) is 10.2 Å². The first-order valence-corrected chi connectivity index (χ1v) is 7.82. The first-order valence-electron chi connectivity index (χ1n) is 7.82. The monoisotopic (exact) mass is 250 g/mol. The lowest BCUT2D eigenvalue weighted by molar-refractivity contribution is -0.136. The molecule has 1 saturated carbocycles. The Morgan fingerprint density at radius 2 is 1.89 bits per heavy atom. The van der Waals surface area contributed by atoms with E-state index in [4.69, 9.17) is 0 Å². The van der Waals surface area contributed by atoms with E-state index in [1.165, 1.54) is 44.9 Å². The maximum Gasteiger partial charge on any atom is 0.239 e. The lowest BCUT2D eigenvalue weighted by Crippen LogP contribution is -2.50. The molecular weight excluding hydrogens is 224 g/mol. The van der Waals surface area contributed by atoms with Crippen LogP contribution in [0.15, 0.2) is 0 Å². The van der Waals surface area contributed by atoms with Gasteiger partial charge in [-0.2, -0.15) is 0 Å². The number of nitrogens with zero attached hydrogens (tertiary/aromatic N) is 1. The molecule has 1 amide bonds. The minimum atomic E-state index is 0.124. The molecule has 0 aromatic rings. The van der Waals surface area contributed by atoms with Crippen molar-refractivity contribution in [1.29, 1.82) is 0 Å². The fraction of sp³-hybridized carbons (Fsp3) is 0.933. The van der Waals surface area contributed by atoms with E-state index >= 15 is 0 Å². The molecule has 2 saturated heterocycles. The van der Waals surface area contributed by atoms with Crippen LogP contribution in [-0.4, -0.2) is 35.5 Å². The second-order valence-corrected chi connectivity index (χ2v) is 6.48. The largest absolute Gasteiger partial charge is 0.339 e. The molecule has 4 unspecified atom stereocenters. The summed E-state index contributed by atoms with van der Waals surface area (Å²) in [6, 6.07) is 1.21. The highest BCUT2D eigenvalue weighted by Crippen LogP contribution is 2.34. The van der Waals surface area contributed by atoms with Gasteiger partial charge in [-0.1, -0.05) is 12.8 Å². The molecule has 3 heteroatoms. The Morgan fingerprint density at radius 1 is 1.11 bits per heavy atom. The van der Waals surface area contributed by atoms with Crippen molar-refractivity contribution in [2.75, 3.05) is 6.54 Å². The van der Waals surface area contributed by atoms with Crippen molar-refractivity contribution in [3.63, 3.8) is 0 Å². The van der Waals surface area contributed by atoms with Crippen LogP contribution in [0.2, 0.25) is 0 Å². The predicted molar refractivity (Wildman–Crippen MR) is 72.3 cm³/mol. The van der Waals surface area contributed by atoms with E-state index in [9.17, 15) is 4.79 Å². The summed E-state index contributed by atoms with van der Waals surface area (Å²) >= 11 is 0. The lowest BCUT2D eigenvalue weighted by Gasteiger charge is -2.35. The number of amides is 1. The highest BCUT2D eigenvalue weighted by atomic mass is 16.2. The van der Waals surface area contributed by atoms with Crippen molar-refractivity contribution in [2.24, 2.45) is 5.92 Å². The highest BCUT2D eigenvalue weighted by molar-refractivity contribution is 5.82. The second-order valence-electron chi connectivity index (χ2n) is 6.48. The molecule has 18 heavy (non-hydrogen) atoms. The Morgan fingerprint density at radius 3 is 2.67 bits per heavy atom. The van der Waals surface area contributed by atoms with Gasteiger partial charge in [-0.25, -0.2) is 0 Å². The van der Waals surface area contributed by atoms with Crippen molar-refractivity contribution >= 4 is 5.91 Å². The predicted octanol–water partition coefficient (Wildman–Crippen LogP) is 2.31. The van der Waals surface area contributed by atoms with Crippen LogP contribution in [0, 0.1) is 5.92 Å². The molecule has 1 N–H and O–H groups in total. The fourth-order valence-corrected chi connectivity index (χ4v) is 4.14. The van der Waals surface area contributed by atoms with Gasteiger partial charge in [0.1, 0.15) is 0 Å². The van der Waals surface area contributed by atoms with Gasteiger partial charge in [0.05, 0.1) is 6.04 Å². The molecule has 0 spiro atoms. The molecule has 3 nitrogen and oxygen atoms in total. The fourth-order valence-electron chi connectivity index (χ4n) is 4.14. The topological polar surface area (TPSA) is 32.3 Å². The smallest absolute Gasteiger partial charge is 0.239 e. The van der Waals surface area contributed by atoms with E-state index in [1.807, 2.05) is 0 Å². The molecule has 0 radical (unpaired) electrons. The second kappa shape index (κ2) is 5.20. The highest BCUT2D eigenvalue weighted by Gasteiger charge is 2.40. The van der Waals surface area contributed by atoms with Crippen LogP contribution in [0.4, 0.5) is 0 Å². The van der Waals surface area contributed by atoms with Gasteiger partial charge in [0.15, 0.2) is 0 Å². The zero-order valence-electron chi connectivity index (χ0n) is 11.5. The van der Waals surface area contributed by atoms with E-state index in [0.29, 0.717) is 18.0 Å². The Bertz CT molecular complexity index is 304. The third-order valence-corrected chi connectivity index (χ3v) is 5.25. The maximum absolute atomic E-state index is 12.6. The Kier molecular flexibility index (Phi) is 3.60. The van der Waals surface area contributed by atoms with Gasteiger partial charge in [-0.3, -0.25) is 4.79 Å². The molecule has 3 fully saturated rings. The van der Waals surface area contributed by atoms with Gasteiger partial charge >= 0.3 is 0 Å². The summed E-state index contributed by atoms with van der Waals surface area (Å²) in [6.45, 7) is 3.19. The number of rotatable bonds is 1. The summed E-state index contributed by atoms with van der Waals surface area (Å²) in [7, 11) is 0. The van der Waals surface area contributed by atoms with Gasteiger partial charge in [0.2, 0.25) is 5.91 Å². The first kappa shape index (κ1) is 12.5. The van der Waals surface area contributed by atoms with E-state index in [-0.39, 0.29) is 6.04 Å². The minimum absolute atomic E-state index is 0.124. The number of fused-ring (bicyclic) bond motifs is 1. The number of nitrogens with one attached hydrogen (secondary N) is 1. The third-order valence-electron chi connectivity index (χ3n) is 5.25. The number of carbonyl (C=O) groups is 1. The maximum atomic E-state index is 12.6. The molecule has 3 aliphatic rings. The molecular formula is C15H26N2O. The van der Waals surface area contributed by atoms with Crippen LogP contribution in [0.25, 0.3) is 0 Å². The van der Waals surface area contributed by atoms with E-state index in [1.54, 1.807) is 0 Å². The average Bonchev–Trinajstić information content (AvgIpc) is 2.82. The molecule has 1 aliphatic carbocycles. The lowest BCUT2D eigenvalue weighted by atomic mass is 9.85. The summed E-state index contributed by atoms with van der Waals surface area (Å²) in [5.41, 5.74) is 0. The molecule has 0 aromatic heterocycles. The quantitative estimate of drug-likeness (QED) is 0.774. The van der Waals surface area contributed by atoms with Gasteiger partial charge in [-0.05, 0) is 51.4 Å². The van der Waals surface area contributed by atoms with Gasteiger partial charge in [0, 0.05) is 18.6 Å². The van der Waals surface area contributed by atoms with Gasteiger partial charge in [0.25, 0.3) is 0 Å². The standard InChI is InChI=1S/C15H26N2O/c1-11-6-4-5-9-17(11)15(18)14-10-12-7-2-3-8-13(12)16-14/h11-14,16H,2-10H2,1H3. The summed E-state index contributed by atoms with van der Waals surface area (Å²) < 4.78 is 0. The minimum Gasteiger partial charge on any atom is -0.339 e. The van der Waals surface area contributed by atoms with E-state index in [0.717, 1.165) is 18.9 Å². The van der Waals surface area contributed by atoms with E-state index < -0.39 is 0 Å². The summed E-state index contributed by atoms with van der Waals surface area (Å²) in [4.78, 5) is 14.8.